The standard InChI is InChI=1S/C9H19O5Si/c1-10-15(11-2,12-3)6-4-5-13-7-9-8-14-9/h8-9H,4-7H2,1-3H3/q+1. The maximum atomic E-state index is 5.39. The van der Waals surface area contributed by atoms with Gasteiger partial charge in [-0.3, -0.25) is 0 Å². The van der Waals surface area contributed by atoms with Gasteiger partial charge in [0.15, 0.2) is 0 Å². The van der Waals surface area contributed by atoms with E-state index in [0.717, 1.165) is 12.5 Å². The van der Waals surface area contributed by atoms with Gasteiger partial charge < -0.3 is 18.0 Å². The lowest BCUT2D eigenvalue weighted by Crippen LogP contribution is -2.42. The lowest BCUT2D eigenvalue weighted by molar-refractivity contribution is 0.100. The van der Waals surface area contributed by atoms with E-state index in [2.05, 4.69) is 0 Å². The van der Waals surface area contributed by atoms with E-state index in [-0.39, 0.29) is 6.10 Å². The Morgan fingerprint density at radius 2 is 1.80 bits per heavy atom. The second-order valence-electron chi connectivity index (χ2n) is 3.28. The number of hydrogen-bond acceptors (Lipinski definition) is 5. The van der Waals surface area contributed by atoms with Gasteiger partial charge in [-0.15, -0.1) is 4.74 Å². The van der Waals surface area contributed by atoms with Crippen molar-refractivity contribution in [2.45, 2.75) is 18.6 Å². The highest BCUT2D eigenvalue weighted by Crippen LogP contribution is 2.17. The van der Waals surface area contributed by atoms with Crippen LogP contribution in [-0.4, -0.2) is 49.5 Å². The summed E-state index contributed by atoms with van der Waals surface area (Å²) in [6.07, 6.45) is 1.08. The number of epoxide rings is 1. The summed E-state index contributed by atoms with van der Waals surface area (Å²) in [5, 5.41) is 0. The molecule has 15 heavy (non-hydrogen) atoms. The fourth-order valence-electron chi connectivity index (χ4n) is 1.28. The Hall–Kier alpha value is -0.113. The van der Waals surface area contributed by atoms with Gasteiger partial charge in [0.1, 0.15) is 6.61 Å². The molecule has 0 radical (unpaired) electrons. The SMILES string of the molecule is CO[Si](CCCOCC1[CH+]O1)(OC)OC. The molecule has 88 valence electrons. The van der Waals surface area contributed by atoms with Gasteiger partial charge in [0.2, 0.25) is 0 Å². The Bertz CT molecular complexity index is 162. The molecule has 0 aromatic heterocycles. The zero-order chi connectivity index (χ0) is 11.1. The molecule has 0 bridgehead atoms. The number of ether oxygens (including phenoxy) is 2. The van der Waals surface area contributed by atoms with Gasteiger partial charge in [-0.25, -0.2) is 0 Å². The first-order chi connectivity index (χ1) is 7.26. The van der Waals surface area contributed by atoms with Crippen molar-refractivity contribution in [3.8, 4) is 0 Å². The second kappa shape index (κ2) is 6.47. The Morgan fingerprint density at radius 3 is 2.27 bits per heavy atom. The molecule has 5 nitrogen and oxygen atoms in total. The van der Waals surface area contributed by atoms with Crippen LogP contribution >= 0.6 is 0 Å². The van der Waals surface area contributed by atoms with E-state index >= 15 is 0 Å². The van der Waals surface area contributed by atoms with Crippen molar-refractivity contribution in [1.82, 2.24) is 0 Å². The van der Waals surface area contributed by atoms with Crippen molar-refractivity contribution >= 4 is 8.80 Å². The molecule has 0 aromatic carbocycles. The van der Waals surface area contributed by atoms with Gasteiger partial charge >= 0.3 is 8.80 Å². The minimum absolute atomic E-state index is 0.208. The maximum Gasteiger partial charge on any atom is 0.500 e. The third-order valence-electron chi connectivity index (χ3n) is 2.32. The Morgan fingerprint density at radius 1 is 1.20 bits per heavy atom. The van der Waals surface area contributed by atoms with E-state index < -0.39 is 8.80 Å². The van der Waals surface area contributed by atoms with Gasteiger partial charge in [0.25, 0.3) is 12.7 Å². The van der Waals surface area contributed by atoms with Crippen molar-refractivity contribution in [2.24, 2.45) is 0 Å². The molecule has 1 fully saturated rings. The van der Waals surface area contributed by atoms with E-state index in [0.29, 0.717) is 13.2 Å². The Balaban J connectivity index is 2.04. The van der Waals surface area contributed by atoms with Crippen molar-refractivity contribution in [2.75, 3.05) is 34.5 Å². The molecule has 0 N–H and O–H groups in total. The quantitative estimate of drug-likeness (QED) is 0.256. The molecule has 1 saturated heterocycles. The molecule has 1 aliphatic heterocycles. The fourth-order valence-corrected chi connectivity index (χ4v) is 2.97. The highest BCUT2D eigenvalue weighted by Gasteiger charge is 2.40. The van der Waals surface area contributed by atoms with Crippen molar-refractivity contribution in [1.29, 1.82) is 0 Å². The highest BCUT2D eigenvalue weighted by atomic mass is 28.4. The molecule has 1 unspecified atom stereocenters. The topological polar surface area (TPSA) is 49.5 Å². The monoisotopic (exact) mass is 235 g/mol. The molecule has 0 saturated carbocycles. The minimum Gasteiger partial charge on any atom is -0.377 e. The van der Waals surface area contributed by atoms with E-state index in [4.69, 9.17) is 22.8 Å². The van der Waals surface area contributed by atoms with Crippen LogP contribution in [0.5, 0.6) is 0 Å². The van der Waals surface area contributed by atoms with E-state index in [1.54, 1.807) is 27.9 Å². The number of rotatable bonds is 9. The molecular formula is C9H19O5Si+. The lowest BCUT2D eigenvalue weighted by Gasteiger charge is -2.23. The summed E-state index contributed by atoms with van der Waals surface area (Å²) in [4.78, 5) is 0. The Labute approximate surface area is 92.0 Å². The van der Waals surface area contributed by atoms with Crippen LogP contribution in [0, 0.1) is 6.61 Å². The fraction of sp³-hybridized carbons (Fsp3) is 0.889. The molecule has 6 heteroatoms. The first-order valence-electron chi connectivity index (χ1n) is 4.98. The van der Waals surface area contributed by atoms with Gasteiger partial charge in [-0.2, -0.15) is 0 Å². The summed E-state index contributed by atoms with van der Waals surface area (Å²) in [5.41, 5.74) is 0. The van der Waals surface area contributed by atoms with Gasteiger partial charge in [0.05, 0.1) is 0 Å². The molecule has 1 atom stereocenters. The maximum absolute atomic E-state index is 5.39. The van der Waals surface area contributed by atoms with Crippen LogP contribution in [0.1, 0.15) is 6.42 Å². The highest BCUT2D eigenvalue weighted by molar-refractivity contribution is 6.60. The van der Waals surface area contributed by atoms with Crippen LogP contribution in [-0.2, 0) is 22.8 Å². The third-order valence-corrected chi connectivity index (χ3v) is 5.15. The average molecular weight is 235 g/mol. The molecular weight excluding hydrogens is 216 g/mol. The molecule has 1 heterocycles. The summed E-state index contributed by atoms with van der Waals surface area (Å²) < 4.78 is 26.1. The molecule has 1 rings (SSSR count). The normalized spacial score (nSPS) is 20.1. The average Bonchev–Trinajstić information content (AvgIpc) is 3.08. The van der Waals surface area contributed by atoms with Gasteiger partial charge in [-0.1, -0.05) is 0 Å². The predicted molar refractivity (Wildman–Crippen MR) is 56.2 cm³/mol. The van der Waals surface area contributed by atoms with E-state index in [1.165, 1.54) is 0 Å². The summed E-state index contributed by atoms with van der Waals surface area (Å²) in [6, 6.07) is 0.770. The molecule has 1 aliphatic rings. The predicted octanol–water partition coefficient (Wildman–Crippen LogP) is 0.832. The van der Waals surface area contributed by atoms with Gasteiger partial charge in [-0.05, 0) is 6.42 Å². The molecule has 0 aliphatic carbocycles. The van der Waals surface area contributed by atoms with E-state index in [1.807, 2.05) is 0 Å². The number of hydrogen-bond donors (Lipinski definition) is 0. The van der Waals surface area contributed by atoms with Crippen molar-refractivity contribution in [3.63, 3.8) is 0 Å². The van der Waals surface area contributed by atoms with Crippen LogP contribution in [0.2, 0.25) is 6.04 Å². The van der Waals surface area contributed by atoms with Crippen LogP contribution in [0.3, 0.4) is 0 Å². The molecule has 0 aromatic rings. The lowest BCUT2D eigenvalue weighted by atomic mass is 10.5. The Kier molecular flexibility index (Phi) is 5.58. The van der Waals surface area contributed by atoms with Crippen molar-refractivity contribution < 1.29 is 22.8 Å². The molecule has 0 amide bonds. The summed E-state index contributed by atoms with van der Waals surface area (Å²) in [6.45, 7) is 3.08. The molecule has 0 spiro atoms. The van der Waals surface area contributed by atoms with Gasteiger partial charge in [0, 0.05) is 34.0 Å². The second-order valence-corrected chi connectivity index (χ2v) is 6.38. The zero-order valence-electron chi connectivity index (χ0n) is 9.52. The van der Waals surface area contributed by atoms with Crippen molar-refractivity contribution in [3.05, 3.63) is 6.61 Å². The van der Waals surface area contributed by atoms with Crippen LogP contribution < -0.4 is 0 Å². The minimum atomic E-state index is -2.40. The third kappa shape index (κ3) is 4.50. The van der Waals surface area contributed by atoms with E-state index in [9.17, 15) is 0 Å². The summed E-state index contributed by atoms with van der Waals surface area (Å²) in [5.74, 6) is 0. The smallest absolute Gasteiger partial charge is 0.377 e. The zero-order valence-corrected chi connectivity index (χ0v) is 10.5. The first kappa shape index (κ1) is 13.0. The van der Waals surface area contributed by atoms with Crippen LogP contribution in [0.4, 0.5) is 0 Å². The summed E-state index contributed by atoms with van der Waals surface area (Å²) >= 11 is 0. The van der Waals surface area contributed by atoms with Crippen LogP contribution in [0.25, 0.3) is 0 Å². The van der Waals surface area contributed by atoms with Crippen LogP contribution in [0.15, 0.2) is 0 Å². The summed E-state index contributed by atoms with van der Waals surface area (Å²) in [7, 11) is 2.46. The first-order valence-corrected chi connectivity index (χ1v) is 6.91. The largest absolute Gasteiger partial charge is 0.500 e.